The van der Waals surface area contributed by atoms with Crippen LogP contribution in [0.15, 0.2) is 46.0 Å². The Hall–Kier alpha value is -1.54. The monoisotopic (exact) mass is 377 g/mol. The van der Waals surface area contributed by atoms with Crippen molar-refractivity contribution in [2.75, 3.05) is 24.1 Å². The number of hydrogen-bond acceptors (Lipinski definition) is 5. The van der Waals surface area contributed by atoms with E-state index in [1.54, 1.807) is 23.3 Å². The van der Waals surface area contributed by atoms with E-state index < -0.39 is 0 Å². The van der Waals surface area contributed by atoms with E-state index in [-0.39, 0.29) is 0 Å². The molecule has 126 valence electrons. The molecule has 24 heavy (non-hydrogen) atoms. The second kappa shape index (κ2) is 8.02. The minimum absolute atomic E-state index is 0.379. The smallest absolute Gasteiger partial charge is 0.120 e. The summed E-state index contributed by atoms with van der Waals surface area (Å²) in [4.78, 5) is 3.73. The standard InChI is InChI=1S/C17H19N3OS3/c1-2-21-9-8-20(24-15-7-4-10-23-15)14-6-3-5-12-11-13(17(18)22)19-16(12)14/h3-7,10-11,19H,2,8-9H2,1H3,(H2,18,22). The molecule has 0 spiro atoms. The summed E-state index contributed by atoms with van der Waals surface area (Å²) in [5, 5.41) is 3.19. The van der Waals surface area contributed by atoms with E-state index in [0.29, 0.717) is 11.6 Å². The minimum Gasteiger partial charge on any atom is -0.388 e. The zero-order valence-electron chi connectivity index (χ0n) is 13.3. The van der Waals surface area contributed by atoms with Crippen molar-refractivity contribution < 1.29 is 4.74 Å². The van der Waals surface area contributed by atoms with E-state index >= 15 is 0 Å². The lowest BCUT2D eigenvalue weighted by atomic mass is 10.2. The summed E-state index contributed by atoms with van der Waals surface area (Å²) in [6, 6.07) is 12.4. The quantitative estimate of drug-likeness (QED) is 0.346. The lowest BCUT2D eigenvalue weighted by molar-refractivity contribution is 0.156. The van der Waals surface area contributed by atoms with E-state index in [2.05, 4.69) is 45.0 Å². The summed E-state index contributed by atoms with van der Waals surface area (Å²) in [6.45, 7) is 4.19. The number of hydrogen-bond donors (Lipinski definition) is 2. The van der Waals surface area contributed by atoms with Crippen molar-refractivity contribution >= 4 is 57.1 Å². The molecule has 0 saturated carbocycles. The molecule has 7 heteroatoms. The summed E-state index contributed by atoms with van der Waals surface area (Å²) in [5.41, 5.74) is 8.71. The van der Waals surface area contributed by atoms with Gasteiger partial charge in [-0.1, -0.05) is 30.4 Å². The van der Waals surface area contributed by atoms with Crippen LogP contribution in [0.2, 0.25) is 0 Å². The molecule has 1 aromatic carbocycles. The first-order valence-electron chi connectivity index (χ1n) is 7.67. The number of fused-ring (bicyclic) bond motifs is 1. The van der Waals surface area contributed by atoms with E-state index in [1.807, 2.05) is 13.0 Å². The van der Waals surface area contributed by atoms with Crippen LogP contribution in [0.3, 0.4) is 0 Å². The fraction of sp³-hybridized carbons (Fsp3) is 0.235. The Morgan fingerprint density at radius 2 is 2.25 bits per heavy atom. The summed E-state index contributed by atoms with van der Waals surface area (Å²) >= 11 is 8.55. The van der Waals surface area contributed by atoms with Crippen LogP contribution in [-0.2, 0) is 4.74 Å². The van der Waals surface area contributed by atoms with Crippen molar-refractivity contribution in [2.45, 2.75) is 11.1 Å². The van der Waals surface area contributed by atoms with Crippen molar-refractivity contribution in [2.24, 2.45) is 5.73 Å². The van der Waals surface area contributed by atoms with Crippen LogP contribution in [0.4, 0.5) is 5.69 Å². The van der Waals surface area contributed by atoms with Crippen LogP contribution in [0, 0.1) is 0 Å². The molecule has 0 unspecified atom stereocenters. The number of aromatic amines is 1. The van der Waals surface area contributed by atoms with Crippen molar-refractivity contribution in [3.63, 3.8) is 0 Å². The molecule has 2 aromatic heterocycles. The Morgan fingerprint density at radius 1 is 1.38 bits per heavy atom. The third-order valence-corrected chi connectivity index (χ3v) is 5.82. The van der Waals surface area contributed by atoms with Crippen molar-refractivity contribution in [3.05, 3.63) is 47.5 Å². The average molecular weight is 378 g/mol. The van der Waals surface area contributed by atoms with Gasteiger partial charge in [-0.2, -0.15) is 0 Å². The Kier molecular flexibility index (Phi) is 5.78. The fourth-order valence-electron chi connectivity index (χ4n) is 2.41. The van der Waals surface area contributed by atoms with E-state index in [0.717, 1.165) is 35.4 Å². The van der Waals surface area contributed by atoms with Gasteiger partial charge in [0.25, 0.3) is 0 Å². The molecule has 4 nitrogen and oxygen atoms in total. The summed E-state index contributed by atoms with van der Waals surface area (Å²) < 4.78 is 9.05. The predicted octanol–water partition coefficient (Wildman–Crippen LogP) is 4.41. The highest BCUT2D eigenvalue weighted by atomic mass is 32.2. The summed E-state index contributed by atoms with van der Waals surface area (Å²) in [6.07, 6.45) is 0. The van der Waals surface area contributed by atoms with Gasteiger partial charge in [0.15, 0.2) is 0 Å². The molecular formula is C17H19N3OS3. The molecule has 0 radical (unpaired) electrons. The first kappa shape index (κ1) is 17.3. The van der Waals surface area contributed by atoms with Gasteiger partial charge in [-0.15, -0.1) is 11.3 Å². The number of H-pyrrole nitrogens is 1. The molecule has 0 atom stereocenters. The van der Waals surface area contributed by atoms with Gasteiger partial charge in [-0.25, -0.2) is 0 Å². The van der Waals surface area contributed by atoms with Crippen molar-refractivity contribution in [3.8, 4) is 0 Å². The van der Waals surface area contributed by atoms with Gasteiger partial charge in [-0.3, -0.25) is 0 Å². The van der Waals surface area contributed by atoms with Gasteiger partial charge in [-0.05, 0) is 42.5 Å². The number of anilines is 1. The first-order valence-corrected chi connectivity index (χ1v) is 9.73. The maximum atomic E-state index is 5.77. The van der Waals surface area contributed by atoms with E-state index in [4.69, 9.17) is 22.7 Å². The largest absolute Gasteiger partial charge is 0.388 e. The molecule has 0 aliphatic rings. The molecule has 0 aliphatic carbocycles. The maximum Gasteiger partial charge on any atom is 0.120 e. The number of thiocarbonyl (C=S) groups is 1. The van der Waals surface area contributed by atoms with Gasteiger partial charge in [0.05, 0.1) is 34.3 Å². The molecule has 0 aliphatic heterocycles. The number of ether oxygens (including phenoxy) is 1. The fourth-order valence-corrected chi connectivity index (χ4v) is 4.35. The molecule has 2 heterocycles. The first-order chi connectivity index (χ1) is 11.7. The van der Waals surface area contributed by atoms with Gasteiger partial charge in [0, 0.05) is 12.0 Å². The third kappa shape index (κ3) is 3.92. The second-order valence-corrected chi connectivity index (χ2v) is 7.82. The number of para-hydroxylation sites is 1. The molecule has 0 fully saturated rings. The number of aromatic nitrogens is 1. The van der Waals surface area contributed by atoms with Gasteiger partial charge in [0.2, 0.25) is 0 Å². The Labute approximate surface area is 155 Å². The van der Waals surface area contributed by atoms with Crippen LogP contribution in [0.1, 0.15) is 12.6 Å². The number of nitrogens with two attached hydrogens (primary N) is 1. The third-order valence-electron chi connectivity index (χ3n) is 3.51. The summed E-state index contributed by atoms with van der Waals surface area (Å²) in [7, 11) is 0. The number of rotatable bonds is 8. The highest BCUT2D eigenvalue weighted by molar-refractivity contribution is 8.02. The van der Waals surface area contributed by atoms with Crippen LogP contribution in [0.5, 0.6) is 0 Å². The zero-order valence-corrected chi connectivity index (χ0v) is 15.8. The second-order valence-electron chi connectivity index (χ2n) is 5.11. The Bertz CT molecular complexity index is 814. The highest BCUT2D eigenvalue weighted by Crippen LogP contribution is 2.35. The SMILES string of the molecule is CCOCCN(Sc1cccs1)c1cccc2cc(C(N)=S)[nH]c12. The van der Waals surface area contributed by atoms with Crippen LogP contribution < -0.4 is 10.0 Å². The van der Waals surface area contributed by atoms with Crippen molar-refractivity contribution in [1.29, 1.82) is 0 Å². The Balaban J connectivity index is 1.95. The lowest BCUT2D eigenvalue weighted by Gasteiger charge is -2.23. The van der Waals surface area contributed by atoms with E-state index in [9.17, 15) is 0 Å². The molecule has 3 N–H and O–H groups in total. The van der Waals surface area contributed by atoms with Gasteiger partial charge < -0.3 is 19.8 Å². The number of nitrogens with zero attached hydrogens (tertiary/aromatic N) is 1. The summed E-state index contributed by atoms with van der Waals surface area (Å²) in [5.74, 6) is 0. The number of thiophene rings is 1. The normalized spacial score (nSPS) is 11.0. The highest BCUT2D eigenvalue weighted by Gasteiger charge is 2.15. The number of nitrogens with one attached hydrogen (secondary N) is 1. The van der Waals surface area contributed by atoms with Gasteiger partial charge >= 0.3 is 0 Å². The lowest BCUT2D eigenvalue weighted by Crippen LogP contribution is -2.20. The van der Waals surface area contributed by atoms with E-state index in [1.165, 1.54) is 4.21 Å². The maximum absolute atomic E-state index is 5.77. The topological polar surface area (TPSA) is 54.3 Å². The minimum atomic E-state index is 0.379. The molecule has 0 saturated heterocycles. The molecule has 3 aromatic rings. The van der Waals surface area contributed by atoms with Gasteiger partial charge in [0.1, 0.15) is 4.99 Å². The van der Waals surface area contributed by atoms with Crippen LogP contribution >= 0.6 is 35.5 Å². The average Bonchev–Trinajstić information content (AvgIpc) is 3.23. The molecule has 0 bridgehead atoms. The zero-order chi connectivity index (χ0) is 16.9. The predicted molar refractivity (Wildman–Crippen MR) is 108 cm³/mol. The van der Waals surface area contributed by atoms with Crippen LogP contribution in [-0.4, -0.2) is 29.7 Å². The molecular weight excluding hydrogens is 358 g/mol. The van der Waals surface area contributed by atoms with Crippen LogP contribution in [0.25, 0.3) is 10.9 Å². The van der Waals surface area contributed by atoms with Crippen molar-refractivity contribution in [1.82, 2.24) is 4.98 Å². The number of benzene rings is 1. The Morgan fingerprint density at radius 3 is 2.96 bits per heavy atom. The molecule has 3 rings (SSSR count). The molecule has 0 amide bonds.